The van der Waals surface area contributed by atoms with Crippen LogP contribution < -0.4 is 10.1 Å². The number of anilines is 1. The van der Waals surface area contributed by atoms with Crippen molar-refractivity contribution in [3.63, 3.8) is 0 Å². The van der Waals surface area contributed by atoms with Gasteiger partial charge in [0.15, 0.2) is 0 Å². The minimum absolute atomic E-state index is 0.194. The van der Waals surface area contributed by atoms with Gasteiger partial charge in [0, 0.05) is 19.2 Å². The van der Waals surface area contributed by atoms with Crippen LogP contribution in [0.15, 0.2) is 72.8 Å². The molecular weight excluding hydrogens is 435 g/mol. The van der Waals surface area contributed by atoms with Crippen molar-refractivity contribution < 1.29 is 23.5 Å². The molecule has 0 saturated heterocycles. The van der Waals surface area contributed by atoms with Gasteiger partial charge in [-0.1, -0.05) is 42.5 Å². The topological polar surface area (TPSA) is 67.9 Å². The molecule has 1 aliphatic rings. The molecule has 2 amide bonds. The van der Waals surface area contributed by atoms with E-state index in [0.29, 0.717) is 41.3 Å². The first-order valence-corrected chi connectivity index (χ1v) is 11.2. The number of fused-ring (bicyclic) bond motifs is 1. The number of ether oxygens (including phenoxy) is 2. The Labute approximate surface area is 198 Å². The van der Waals surface area contributed by atoms with Crippen LogP contribution in [0.1, 0.15) is 40.4 Å². The van der Waals surface area contributed by atoms with Gasteiger partial charge in [0.1, 0.15) is 11.6 Å². The predicted octanol–water partition coefficient (Wildman–Crippen LogP) is 4.79. The quantitative estimate of drug-likeness (QED) is 0.523. The number of carbonyl (C=O) groups is 2. The van der Waals surface area contributed by atoms with E-state index in [1.165, 1.54) is 12.1 Å². The Bertz CT molecular complexity index is 1170. The van der Waals surface area contributed by atoms with Crippen LogP contribution in [-0.2, 0) is 9.53 Å². The highest BCUT2D eigenvalue weighted by molar-refractivity contribution is 6.04. The highest BCUT2D eigenvalue weighted by Gasteiger charge is 2.44. The lowest BCUT2D eigenvalue weighted by molar-refractivity contribution is -0.119. The van der Waals surface area contributed by atoms with Gasteiger partial charge in [-0.2, -0.15) is 0 Å². The summed E-state index contributed by atoms with van der Waals surface area (Å²) in [6.07, 6.45) is 0. The molecule has 0 bridgehead atoms. The smallest absolute Gasteiger partial charge is 0.254 e. The van der Waals surface area contributed by atoms with Crippen LogP contribution in [0.25, 0.3) is 0 Å². The van der Waals surface area contributed by atoms with Gasteiger partial charge in [-0.25, -0.2) is 4.39 Å². The van der Waals surface area contributed by atoms with Gasteiger partial charge in [0.2, 0.25) is 5.91 Å². The minimum atomic E-state index is -0.731. The van der Waals surface area contributed by atoms with E-state index in [1.54, 1.807) is 54.5 Å². The molecule has 0 spiro atoms. The summed E-state index contributed by atoms with van der Waals surface area (Å²) in [6, 6.07) is 19.6. The first-order valence-electron chi connectivity index (χ1n) is 11.2. The molecule has 34 heavy (non-hydrogen) atoms. The van der Waals surface area contributed by atoms with Gasteiger partial charge in [-0.05, 0) is 48.4 Å². The van der Waals surface area contributed by atoms with Crippen LogP contribution >= 0.6 is 0 Å². The van der Waals surface area contributed by atoms with Gasteiger partial charge in [-0.15, -0.1) is 0 Å². The number of hydrogen-bond donors (Lipinski definition) is 1. The van der Waals surface area contributed by atoms with Gasteiger partial charge < -0.3 is 19.7 Å². The molecule has 3 aromatic rings. The van der Waals surface area contributed by atoms with Crippen LogP contribution in [0.5, 0.6) is 5.75 Å². The Morgan fingerprint density at radius 2 is 1.74 bits per heavy atom. The van der Waals surface area contributed by atoms with Gasteiger partial charge in [-0.3, -0.25) is 9.59 Å². The van der Waals surface area contributed by atoms with Crippen LogP contribution in [0.4, 0.5) is 10.1 Å². The van der Waals surface area contributed by atoms with E-state index in [4.69, 9.17) is 9.47 Å². The average Bonchev–Trinajstić information content (AvgIpc) is 2.85. The summed E-state index contributed by atoms with van der Waals surface area (Å²) in [7, 11) is 1.56. The Morgan fingerprint density at radius 3 is 2.47 bits per heavy atom. The molecular formula is C27H27FN2O4. The number of carbonyl (C=O) groups excluding carboxylic acids is 2. The largest absolute Gasteiger partial charge is 0.492 e. The van der Waals surface area contributed by atoms with Crippen molar-refractivity contribution in [2.45, 2.75) is 18.9 Å². The molecule has 176 valence electrons. The standard InChI is InChI=1S/C27H27FN2O4/c1-3-34-23-11-7-6-10-22(23)29-26(31)24-20-8-4-5-9-21(20)27(32)30(16-17-33-2)25(24)18-12-14-19(28)15-13-18/h4-15,24-25H,3,16-17H2,1-2H3,(H,29,31)/t24-,25-/m0/s1. The SMILES string of the molecule is CCOc1ccccc1NC(=O)[C@H]1c2ccccc2C(=O)N(CCOC)[C@H]1c1ccc(F)cc1. The molecule has 1 N–H and O–H groups in total. The van der Waals surface area contributed by atoms with Crippen LogP contribution in [-0.4, -0.2) is 43.6 Å². The second kappa shape index (κ2) is 10.5. The van der Waals surface area contributed by atoms with Crippen molar-refractivity contribution in [2.24, 2.45) is 0 Å². The monoisotopic (exact) mass is 462 g/mol. The summed E-state index contributed by atoms with van der Waals surface area (Å²) in [6.45, 7) is 2.91. The number of amides is 2. The zero-order chi connectivity index (χ0) is 24.1. The fourth-order valence-corrected chi connectivity index (χ4v) is 4.40. The number of rotatable bonds is 8. The average molecular weight is 463 g/mol. The molecule has 0 unspecified atom stereocenters. The van der Waals surface area contributed by atoms with Crippen molar-refractivity contribution in [1.82, 2.24) is 4.90 Å². The maximum Gasteiger partial charge on any atom is 0.254 e. The summed E-state index contributed by atoms with van der Waals surface area (Å²) >= 11 is 0. The summed E-state index contributed by atoms with van der Waals surface area (Å²) in [4.78, 5) is 29.0. The molecule has 0 fully saturated rings. The third kappa shape index (κ3) is 4.65. The van der Waals surface area contributed by atoms with E-state index in [1.807, 2.05) is 25.1 Å². The third-order valence-electron chi connectivity index (χ3n) is 5.91. The third-order valence-corrected chi connectivity index (χ3v) is 5.91. The minimum Gasteiger partial charge on any atom is -0.492 e. The highest BCUT2D eigenvalue weighted by Crippen LogP contribution is 2.43. The lowest BCUT2D eigenvalue weighted by atomic mass is 9.79. The molecule has 7 heteroatoms. The summed E-state index contributed by atoms with van der Waals surface area (Å²) in [5.74, 6) is -1.04. The van der Waals surface area contributed by atoms with Crippen molar-refractivity contribution in [1.29, 1.82) is 0 Å². The zero-order valence-electron chi connectivity index (χ0n) is 19.2. The number of nitrogens with zero attached hydrogens (tertiary/aromatic N) is 1. The summed E-state index contributed by atoms with van der Waals surface area (Å²) in [5, 5.41) is 3.00. The lowest BCUT2D eigenvalue weighted by Crippen LogP contribution is -2.47. The van der Waals surface area contributed by atoms with E-state index in [9.17, 15) is 14.0 Å². The van der Waals surface area contributed by atoms with Crippen molar-refractivity contribution in [2.75, 3.05) is 32.2 Å². The summed E-state index contributed by atoms with van der Waals surface area (Å²) in [5.41, 5.74) is 2.31. The van der Waals surface area contributed by atoms with E-state index >= 15 is 0 Å². The van der Waals surface area contributed by atoms with Gasteiger partial charge in [0.25, 0.3) is 5.91 Å². The van der Waals surface area contributed by atoms with E-state index in [0.717, 1.165) is 0 Å². The van der Waals surface area contributed by atoms with Crippen LogP contribution in [0.3, 0.4) is 0 Å². The lowest BCUT2D eigenvalue weighted by Gasteiger charge is -2.41. The van der Waals surface area contributed by atoms with E-state index in [-0.39, 0.29) is 24.2 Å². The Morgan fingerprint density at radius 1 is 1.03 bits per heavy atom. The Hall–Kier alpha value is -3.71. The Kier molecular flexibility index (Phi) is 7.23. The number of nitrogens with one attached hydrogen (secondary N) is 1. The number of halogens is 1. The first-order chi connectivity index (χ1) is 16.5. The molecule has 0 radical (unpaired) electrons. The van der Waals surface area contributed by atoms with Crippen molar-refractivity contribution in [3.05, 3.63) is 95.3 Å². The number of benzene rings is 3. The number of methoxy groups -OCH3 is 1. The van der Waals surface area contributed by atoms with Gasteiger partial charge >= 0.3 is 0 Å². The molecule has 4 rings (SSSR count). The predicted molar refractivity (Wildman–Crippen MR) is 127 cm³/mol. The summed E-state index contributed by atoms with van der Waals surface area (Å²) < 4.78 is 24.7. The van der Waals surface area contributed by atoms with Gasteiger partial charge in [0.05, 0.1) is 30.9 Å². The maximum atomic E-state index is 13.9. The fourth-order valence-electron chi connectivity index (χ4n) is 4.40. The zero-order valence-corrected chi connectivity index (χ0v) is 19.2. The Balaban J connectivity index is 1.82. The number of para-hydroxylation sites is 2. The molecule has 3 aromatic carbocycles. The second-order valence-electron chi connectivity index (χ2n) is 7.97. The highest BCUT2D eigenvalue weighted by atomic mass is 19.1. The maximum absolute atomic E-state index is 13.9. The molecule has 0 aromatic heterocycles. The van der Waals surface area contributed by atoms with Crippen molar-refractivity contribution >= 4 is 17.5 Å². The second-order valence-corrected chi connectivity index (χ2v) is 7.97. The van der Waals surface area contributed by atoms with Crippen LogP contribution in [0, 0.1) is 5.82 Å². The fraction of sp³-hybridized carbons (Fsp3) is 0.259. The van der Waals surface area contributed by atoms with E-state index < -0.39 is 12.0 Å². The van der Waals surface area contributed by atoms with Crippen LogP contribution in [0.2, 0.25) is 0 Å². The normalized spacial score (nSPS) is 17.3. The van der Waals surface area contributed by atoms with Crippen molar-refractivity contribution in [3.8, 4) is 5.75 Å². The van der Waals surface area contributed by atoms with E-state index in [2.05, 4.69) is 5.32 Å². The molecule has 0 aliphatic carbocycles. The number of hydrogen-bond acceptors (Lipinski definition) is 4. The molecule has 6 nitrogen and oxygen atoms in total. The molecule has 0 saturated carbocycles. The first kappa shape index (κ1) is 23.4. The molecule has 2 atom stereocenters. The molecule has 1 aliphatic heterocycles. The molecule has 1 heterocycles.